The van der Waals surface area contributed by atoms with Crippen molar-refractivity contribution >= 4 is 34.7 Å². The van der Waals surface area contributed by atoms with Gasteiger partial charge >= 0.3 is 0 Å². The van der Waals surface area contributed by atoms with Crippen molar-refractivity contribution in [3.63, 3.8) is 0 Å². The number of ether oxygens (including phenoxy) is 1. The average Bonchev–Trinajstić information content (AvgIpc) is 3.48. The van der Waals surface area contributed by atoms with Gasteiger partial charge in [0.05, 0.1) is 0 Å². The Balaban J connectivity index is 1.21. The third-order valence-corrected chi connectivity index (χ3v) is 7.36. The van der Waals surface area contributed by atoms with E-state index in [1.807, 2.05) is 61.6 Å². The summed E-state index contributed by atoms with van der Waals surface area (Å²) in [5.74, 6) is -0.120. The fraction of sp³-hybridized carbons (Fsp3) is 0.133. The molecule has 184 valence electrons. The van der Waals surface area contributed by atoms with Crippen LogP contribution in [-0.2, 0) is 11.3 Å². The molecule has 4 aromatic rings. The van der Waals surface area contributed by atoms with E-state index in [1.54, 1.807) is 12.1 Å². The Hall–Kier alpha value is -4.13. The van der Waals surface area contributed by atoms with Gasteiger partial charge in [0.2, 0.25) is 0 Å². The quantitative estimate of drug-likeness (QED) is 0.225. The molecular weight excluding hydrogens is 484 g/mol. The van der Waals surface area contributed by atoms with Gasteiger partial charge in [0, 0.05) is 41.1 Å². The third kappa shape index (κ3) is 4.14. The van der Waals surface area contributed by atoms with E-state index in [4.69, 9.17) is 27.5 Å². The highest BCUT2D eigenvalue weighted by Crippen LogP contribution is 2.55. The number of benzene rings is 4. The first-order valence-electron chi connectivity index (χ1n) is 12.0. The molecule has 7 heteroatoms. The molecule has 0 aromatic heterocycles. The fourth-order valence-electron chi connectivity index (χ4n) is 5.10. The number of halogens is 1. The van der Waals surface area contributed by atoms with Crippen molar-refractivity contribution in [2.45, 2.75) is 18.8 Å². The van der Waals surface area contributed by atoms with Crippen LogP contribution in [0.1, 0.15) is 55.9 Å². The predicted molar refractivity (Wildman–Crippen MR) is 146 cm³/mol. The number of fused-ring (bicyclic) bond motifs is 8. The van der Waals surface area contributed by atoms with Crippen molar-refractivity contribution in [1.82, 2.24) is 5.32 Å². The lowest BCUT2D eigenvalue weighted by Crippen LogP contribution is -2.23. The summed E-state index contributed by atoms with van der Waals surface area (Å²) >= 11 is 6.20. The van der Waals surface area contributed by atoms with Crippen molar-refractivity contribution < 1.29 is 9.53 Å². The highest BCUT2D eigenvalue weighted by Gasteiger charge is 2.43. The Labute approximate surface area is 220 Å². The number of carbonyl (C=O) groups excluding carboxylic acids is 1. The molecule has 0 saturated heterocycles. The van der Waals surface area contributed by atoms with Crippen LogP contribution >= 0.6 is 11.6 Å². The van der Waals surface area contributed by atoms with Crippen molar-refractivity contribution in [3.05, 3.63) is 129 Å². The summed E-state index contributed by atoms with van der Waals surface area (Å²) in [5.41, 5.74) is 14.2. The summed E-state index contributed by atoms with van der Waals surface area (Å²) < 4.78 is 6.37. The van der Waals surface area contributed by atoms with Crippen molar-refractivity contribution in [2.24, 2.45) is 5.73 Å². The van der Waals surface area contributed by atoms with E-state index < -0.39 is 0 Å². The number of amides is 1. The van der Waals surface area contributed by atoms with Gasteiger partial charge in [0.1, 0.15) is 18.0 Å². The second-order valence-corrected chi connectivity index (χ2v) is 9.82. The number of rotatable bonds is 6. The second-order valence-electron chi connectivity index (χ2n) is 9.39. The largest absolute Gasteiger partial charge is 0.384 e. The van der Waals surface area contributed by atoms with Crippen molar-refractivity contribution in [3.8, 4) is 0 Å². The Bertz CT molecular complexity index is 1550. The monoisotopic (exact) mass is 508 g/mol. The van der Waals surface area contributed by atoms with E-state index in [2.05, 4.69) is 28.4 Å². The van der Waals surface area contributed by atoms with Crippen LogP contribution in [-0.4, -0.2) is 18.8 Å². The fourth-order valence-corrected chi connectivity index (χ4v) is 5.29. The lowest BCUT2D eigenvalue weighted by atomic mass is 9.85. The summed E-state index contributed by atoms with van der Waals surface area (Å²) in [4.78, 5) is 15.1. The number of carbonyl (C=O) groups is 1. The van der Waals surface area contributed by atoms with Gasteiger partial charge in [0.15, 0.2) is 0 Å². The topological polar surface area (TPSA) is 91.4 Å². The number of anilines is 2. The summed E-state index contributed by atoms with van der Waals surface area (Å²) in [6.07, 6.45) is -0.313. The molecule has 2 aliphatic heterocycles. The molecule has 4 N–H and O–H groups in total. The molecule has 0 fully saturated rings. The third-order valence-electron chi connectivity index (χ3n) is 7.12. The van der Waals surface area contributed by atoms with E-state index in [-0.39, 0.29) is 24.0 Å². The lowest BCUT2D eigenvalue weighted by Gasteiger charge is -2.23. The Morgan fingerprint density at radius 1 is 0.892 bits per heavy atom. The molecule has 0 radical (unpaired) electrons. The van der Waals surface area contributed by atoms with Crippen LogP contribution in [0.5, 0.6) is 0 Å². The van der Waals surface area contributed by atoms with Crippen molar-refractivity contribution in [2.75, 3.05) is 11.9 Å². The molecule has 2 aliphatic rings. The highest BCUT2D eigenvalue weighted by molar-refractivity contribution is 6.30. The first-order valence-corrected chi connectivity index (χ1v) is 12.4. The number of amidine groups is 1. The molecule has 37 heavy (non-hydrogen) atoms. The minimum absolute atomic E-state index is 0.0232. The number of nitrogen functional groups attached to an aromatic ring is 1. The molecule has 2 bridgehead atoms. The first kappa shape index (κ1) is 23.3. The maximum Gasteiger partial charge on any atom is 0.251 e. The van der Waals surface area contributed by atoms with E-state index in [0.29, 0.717) is 22.7 Å². The van der Waals surface area contributed by atoms with Gasteiger partial charge in [-0.1, -0.05) is 54.1 Å². The number of nitrogens with zero attached hydrogens (tertiary/aromatic N) is 1. The van der Waals surface area contributed by atoms with Crippen LogP contribution < -0.4 is 16.0 Å². The average molecular weight is 509 g/mol. The maximum atomic E-state index is 12.9. The van der Waals surface area contributed by atoms with E-state index in [1.165, 1.54) is 5.56 Å². The molecule has 0 spiro atoms. The maximum absolute atomic E-state index is 12.9. The summed E-state index contributed by atoms with van der Waals surface area (Å²) in [7, 11) is 2.02. The lowest BCUT2D eigenvalue weighted by molar-refractivity contribution is 0.0857. The van der Waals surface area contributed by atoms with Gasteiger partial charge < -0.3 is 20.7 Å². The number of hydrogen-bond acceptors (Lipinski definition) is 4. The molecule has 0 saturated carbocycles. The van der Waals surface area contributed by atoms with Crippen LogP contribution in [0.15, 0.2) is 84.9 Å². The van der Waals surface area contributed by atoms with Gasteiger partial charge in [-0.3, -0.25) is 10.2 Å². The zero-order chi connectivity index (χ0) is 25.7. The van der Waals surface area contributed by atoms with Crippen LogP contribution in [0.25, 0.3) is 0 Å². The van der Waals surface area contributed by atoms with Crippen LogP contribution in [0.3, 0.4) is 0 Å². The van der Waals surface area contributed by atoms with E-state index in [0.717, 1.165) is 33.6 Å². The predicted octanol–water partition coefficient (Wildman–Crippen LogP) is 5.84. The van der Waals surface area contributed by atoms with Crippen LogP contribution in [0.2, 0.25) is 5.02 Å². The molecule has 2 unspecified atom stereocenters. The van der Waals surface area contributed by atoms with Crippen LogP contribution in [0.4, 0.5) is 11.4 Å². The zero-order valence-corrected chi connectivity index (χ0v) is 20.9. The molecule has 6 nitrogen and oxygen atoms in total. The first-order chi connectivity index (χ1) is 17.9. The molecule has 4 aromatic carbocycles. The van der Waals surface area contributed by atoms with E-state index >= 15 is 0 Å². The molecule has 2 heterocycles. The minimum atomic E-state index is -0.199. The smallest absolute Gasteiger partial charge is 0.251 e. The van der Waals surface area contributed by atoms with Gasteiger partial charge in [-0.05, 0) is 70.3 Å². The highest BCUT2D eigenvalue weighted by atomic mass is 35.5. The molecular formula is C30H25ClN4O2. The second kappa shape index (κ2) is 9.07. The SMILES string of the molecule is CN(c1cccc(Cl)c1)c1ccc2c(c1)C1OC2c2ccc(C(=O)NCc3ccc(C(=N)N)cc3)cc21. The zero-order valence-electron chi connectivity index (χ0n) is 20.2. The normalized spacial score (nSPS) is 16.7. The number of hydrogen-bond donors (Lipinski definition) is 3. The molecule has 2 atom stereocenters. The van der Waals surface area contributed by atoms with Gasteiger partial charge in [-0.2, -0.15) is 0 Å². The summed E-state index contributed by atoms with van der Waals surface area (Å²) in [6, 6.07) is 27.3. The Morgan fingerprint density at radius 2 is 1.54 bits per heavy atom. The van der Waals surface area contributed by atoms with Gasteiger partial charge in [-0.25, -0.2) is 0 Å². The van der Waals surface area contributed by atoms with Crippen molar-refractivity contribution in [1.29, 1.82) is 5.41 Å². The molecule has 0 aliphatic carbocycles. The molecule has 6 rings (SSSR count). The summed E-state index contributed by atoms with van der Waals surface area (Å²) in [5, 5.41) is 11.2. The Kier molecular flexibility index (Phi) is 5.71. The van der Waals surface area contributed by atoms with Crippen LogP contribution in [0, 0.1) is 5.41 Å². The Morgan fingerprint density at radius 3 is 2.27 bits per heavy atom. The number of nitrogens with two attached hydrogens (primary N) is 1. The molecule has 1 amide bonds. The summed E-state index contributed by atoms with van der Waals surface area (Å²) in [6.45, 7) is 0.388. The standard InChI is InChI=1S/C30H25ClN4O2/c1-35(21-4-2-3-20(31)14-21)22-10-12-24-26(15-22)28-25-13-19(9-11-23(25)27(24)37-28)30(36)34-16-17-5-7-18(8-6-17)29(32)33/h2-15,27-28H,16H2,1H3,(H3,32,33)(H,34,36). The van der Waals surface area contributed by atoms with Gasteiger partial charge in [0.25, 0.3) is 5.91 Å². The van der Waals surface area contributed by atoms with Gasteiger partial charge in [-0.15, -0.1) is 0 Å². The van der Waals surface area contributed by atoms with E-state index in [9.17, 15) is 4.79 Å². The minimum Gasteiger partial charge on any atom is -0.384 e. The number of nitrogens with one attached hydrogen (secondary N) is 2.